The Morgan fingerprint density at radius 2 is 2.20 bits per heavy atom. The number of aliphatic imine (C=N–C) groups is 2. The normalized spacial score (nSPS) is 16.2. The van der Waals surface area contributed by atoms with Gasteiger partial charge in [0.15, 0.2) is 11.0 Å². The molecule has 5 nitrogen and oxygen atoms in total. The number of hydrogen-bond acceptors (Lipinski definition) is 5. The number of fused-ring (bicyclic) bond motifs is 3. The molecule has 0 saturated carbocycles. The summed E-state index contributed by atoms with van der Waals surface area (Å²) in [6.45, 7) is 6.01. The van der Waals surface area contributed by atoms with Gasteiger partial charge in [0.2, 0.25) is 0 Å². The molecule has 0 aliphatic carbocycles. The lowest BCUT2D eigenvalue weighted by molar-refractivity contribution is 0.553. The second-order valence-corrected chi connectivity index (χ2v) is 7.65. The van der Waals surface area contributed by atoms with Crippen LogP contribution in [0.25, 0.3) is 5.69 Å². The third kappa shape index (κ3) is 2.98. The van der Waals surface area contributed by atoms with Crippen LogP contribution in [0.3, 0.4) is 0 Å². The summed E-state index contributed by atoms with van der Waals surface area (Å²) in [6, 6.07) is 5.97. The van der Waals surface area contributed by atoms with Crippen LogP contribution in [-0.2, 0) is 0 Å². The molecule has 2 aliphatic heterocycles. The van der Waals surface area contributed by atoms with Gasteiger partial charge < -0.3 is 4.90 Å². The number of rotatable bonds is 3. The van der Waals surface area contributed by atoms with E-state index < -0.39 is 0 Å². The van der Waals surface area contributed by atoms with E-state index in [-0.39, 0.29) is 0 Å². The van der Waals surface area contributed by atoms with E-state index in [1.165, 1.54) is 0 Å². The highest BCUT2D eigenvalue weighted by atomic mass is 35.5. The largest absolute Gasteiger partial charge is 0.305 e. The molecule has 25 heavy (non-hydrogen) atoms. The minimum absolute atomic E-state index is 0.735. The van der Waals surface area contributed by atoms with E-state index in [2.05, 4.69) is 16.9 Å². The highest BCUT2D eigenvalue weighted by molar-refractivity contribution is 8.13. The van der Waals surface area contributed by atoms with Crippen LogP contribution in [0.15, 0.2) is 34.4 Å². The molecule has 0 N–H and O–H groups in total. The number of aromatic nitrogens is 2. The van der Waals surface area contributed by atoms with Gasteiger partial charge in [-0.15, -0.1) is 0 Å². The molecular weight excluding hydrogens is 354 g/mol. The van der Waals surface area contributed by atoms with E-state index >= 15 is 0 Å². The van der Waals surface area contributed by atoms with Crippen LogP contribution in [-0.4, -0.2) is 44.5 Å². The molecule has 2 aliphatic rings. The van der Waals surface area contributed by atoms with Gasteiger partial charge in [0, 0.05) is 23.9 Å². The monoisotopic (exact) mass is 373 g/mol. The minimum Gasteiger partial charge on any atom is -0.305 e. The predicted octanol–water partition coefficient (Wildman–Crippen LogP) is 4.43. The molecule has 0 unspecified atom stereocenters. The molecule has 0 atom stereocenters. The van der Waals surface area contributed by atoms with Crippen molar-refractivity contribution in [3.05, 3.63) is 40.5 Å². The zero-order chi connectivity index (χ0) is 17.4. The molecule has 0 fully saturated rings. The van der Waals surface area contributed by atoms with E-state index in [1.54, 1.807) is 11.8 Å². The highest BCUT2D eigenvalue weighted by Gasteiger charge is 2.31. The number of halogens is 1. The lowest BCUT2D eigenvalue weighted by Gasteiger charge is -2.32. The summed E-state index contributed by atoms with van der Waals surface area (Å²) < 4.78 is 1.86. The maximum atomic E-state index is 6.31. The Kier molecular flexibility index (Phi) is 4.56. The van der Waals surface area contributed by atoms with Gasteiger partial charge in [-0.05, 0) is 37.5 Å². The van der Waals surface area contributed by atoms with Crippen LogP contribution in [0.2, 0.25) is 5.02 Å². The molecule has 1 aromatic carbocycles. The van der Waals surface area contributed by atoms with Crippen LogP contribution in [0, 0.1) is 6.92 Å². The number of thioether (sulfide) groups is 1. The van der Waals surface area contributed by atoms with Gasteiger partial charge in [0.05, 0.1) is 17.4 Å². The second-order valence-electron chi connectivity index (χ2n) is 6.18. The van der Waals surface area contributed by atoms with Crippen LogP contribution >= 0.6 is 23.4 Å². The van der Waals surface area contributed by atoms with Crippen molar-refractivity contribution in [3.63, 3.8) is 0 Å². The summed E-state index contributed by atoms with van der Waals surface area (Å²) in [6.07, 6.45) is 4.04. The van der Waals surface area contributed by atoms with E-state index in [4.69, 9.17) is 21.6 Å². The smallest absolute Gasteiger partial charge is 0.171 e. The van der Waals surface area contributed by atoms with Crippen molar-refractivity contribution < 1.29 is 0 Å². The van der Waals surface area contributed by atoms with Gasteiger partial charge in [0.1, 0.15) is 5.84 Å². The van der Waals surface area contributed by atoms with Crippen LogP contribution in [0.1, 0.15) is 30.9 Å². The van der Waals surface area contributed by atoms with E-state index in [0.717, 1.165) is 70.3 Å². The van der Waals surface area contributed by atoms with E-state index in [9.17, 15) is 0 Å². The van der Waals surface area contributed by atoms with Gasteiger partial charge in [-0.25, -0.2) is 9.67 Å². The fourth-order valence-electron chi connectivity index (χ4n) is 2.99. The average molecular weight is 374 g/mol. The average Bonchev–Trinajstić information content (AvgIpc) is 3.06. The number of hydrogen-bond donors (Lipinski definition) is 0. The first-order valence-electron chi connectivity index (χ1n) is 8.57. The van der Waals surface area contributed by atoms with Crippen molar-refractivity contribution in [2.45, 2.75) is 26.7 Å². The summed E-state index contributed by atoms with van der Waals surface area (Å²) in [7, 11) is 0. The molecule has 0 radical (unpaired) electrons. The highest BCUT2D eigenvalue weighted by Crippen LogP contribution is 2.34. The lowest BCUT2D eigenvalue weighted by atomic mass is 10.2. The zero-order valence-corrected chi connectivity index (χ0v) is 15.9. The standard InChI is InChI=1S/C18H20ClN5S/c1-3-9-25-18-22-17-14(16-20-7-4-8-23(16)18)11-21-24(17)13-6-5-12(2)15(19)10-13/h5-6,10-11H,3-4,7-9H2,1-2H3. The molecule has 1 aromatic heterocycles. The topological polar surface area (TPSA) is 45.8 Å². The molecule has 4 rings (SSSR count). The van der Waals surface area contributed by atoms with Crippen LogP contribution < -0.4 is 0 Å². The maximum absolute atomic E-state index is 6.31. The van der Waals surface area contributed by atoms with Gasteiger partial charge in [0.25, 0.3) is 0 Å². The summed E-state index contributed by atoms with van der Waals surface area (Å²) in [5.74, 6) is 2.89. The molecule has 2 aromatic rings. The third-order valence-electron chi connectivity index (χ3n) is 4.31. The molecule has 0 bridgehead atoms. The fourth-order valence-corrected chi connectivity index (χ4v) is 4.03. The first kappa shape index (κ1) is 16.7. The summed E-state index contributed by atoms with van der Waals surface area (Å²) in [5, 5.41) is 6.33. The molecule has 0 amide bonds. The Morgan fingerprint density at radius 1 is 1.32 bits per heavy atom. The number of benzene rings is 1. The van der Waals surface area contributed by atoms with E-state index in [0.29, 0.717) is 0 Å². The van der Waals surface area contributed by atoms with Crippen molar-refractivity contribution in [2.24, 2.45) is 9.98 Å². The molecule has 7 heteroatoms. The summed E-state index contributed by atoms with van der Waals surface area (Å²) >= 11 is 8.10. The minimum atomic E-state index is 0.735. The van der Waals surface area contributed by atoms with Crippen LogP contribution in [0.4, 0.5) is 5.82 Å². The first-order chi connectivity index (χ1) is 12.2. The Balaban J connectivity index is 1.83. The number of nitrogens with zero attached hydrogens (tertiary/aromatic N) is 5. The molecular formula is C18H20ClN5S. The Hall–Kier alpha value is -1.79. The Bertz CT molecular complexity index is 870. The molecule has 3 heterocycles. The SMILES string of the molecule is CCCSC1=Nc2c(cnn2-c2ccc(C)c(Cl)c2)C2=NCCCN12. The first-order valence-corrected chi connectivity index (χ1v) is 9.94. The van der Waals surface area contributed by atoms with Crippen LogP contribution in [0.5, 0.6) is 0 Å². The summed E-state index contributed by atoms with van der Waals surface area (Å²) in [4.78, 5) is 11.9. The Labute approximate surface area is 156 Å². The number of amidine groups is 2. The van der Waals surface area contributed by atoms with Gasteiger partial charge in [-0.1, -0.05) is 36.4 Å². The van der Waals surface area contributed by atoms with Crippen molar-refractivity contribution in [2.75, 3.05) is 18.8 Å². The van der Waals surface area contributed by atoms with Crippen molar-refractivity contribution in [1.29, 1.82) is 0 Å². The van der Waals surface area contributed by atoms with E-state index in [1.807, 2.05) is 36.0 Å². The third-order valence-corrected chi connectivity index (χ3v) is 5.90. The second kappa shape index (κ2) is 6.84. The Morgan fingerprint density at radius 3 is 3.00 bits per heavy atom. The predicted molar refractivity (Wildman–Crippen MR) is 106 cm³/mol. The van der Waals surface area contributed by atoms with Gasteiger partial charge >= 0.3 is 0 Å². The molecule has 0 spiro atoms. The number of aryl methyl sites for hydroxylation is 1. The van der Waals surface area contributed by atoms with Crippen molar-refractivity contribution >= 4 is 40.2 Å². The quantitative estimate of drug-likeness (QED) is 0.799. The fraction of sp³-hybridized carbons (Fsp3) is 0.389. The zero-order valence-electron chi connectivity index (χ0n) is 14.4. The van der Waals surface area contributed by atoms with Gasteiger partial charge in [-0.2, -0.15) is 5.10 Å². The molecule has 130 valence electrons. The van der Waals surface area contributed by atoms with Gasteiger partial charge in [-0.3, -0.25) is 4.99 Å². The maximum Gasteiger partial charge on any atom is 0.171 e. The summed E-state index contributed by atoms with van der Waals surface area (Å²) in [5.41, 5.74) is 2.97. The van der Waals surface area contributed by atoms with Crippen molar-refractivity contribution in [1.82, 2.24) is 14.7 Å². The molecule has 0 saturated heterocycles. The van der Waals surface area contributed by atoms with Crippen molar-refractivity contribution in [3.8, 4) is 5.69 Å². The lowest BCUT2D eigenvalue weighted by Crippen LogP contribution is -2.41.